The standard InChI is InChI=1S/C11H17N3/c1-10-9-13(7-8-14(10)12)11-5-3-2-4-6-11/h2-6,10H,7-9,12H2,1H3. The van der Waals surface area contributed by atoms with Crippen molar-refractivity contribution < 1.29 is 0 Å². The lowest BCUT2D eigenvalue weighted by Gasteiger charge is -2.38. The minimum absolute atomic E-state index is 0.434. The fraction of sp³-hybridized carbons (Fsp3) is 0.455. The highest BCUT2D eigenvalue weighted by Crippen LogP contribution is 2.16. The van der Waals surface area contributed by atoms with Gasteiger partial charge >= 0.3 is 0 Å². The molecule has 0 bridgehead atoms. The first-order valence-corrected chi connectivity index (χ1v) is 5.08. The van der Waals surface area contributed by atoms with E-state index in [4.69, 9.17) is 5.84 Å². The fourth-order valence-corrected chi connectivity index (χ4v) is 1.84. The molecule has 76 valence electrons. The van der Waals surface area contributed by atoms with Gasteiger partial charge in [0.1, 0.15) is 0 Å². The van der Waals surface area contributed by atoms with E-state index in [2.05, 4.69) is 36.1 Å². The smallest absolute Gasteiger partial charge is 0.0389 e. The summed E-state index contributed by atoms with van der Waals surface area (Å²) >= 11 is 0. The van der Waals surface area contributed by atoms with Crippen LogP contribution in [0, 0.1) is 0 Å². The van der Waals surface area contributed by atoms with Gasteiger partial charge < -0.3 is 4.90 Å². The number of nitrogens with two attached hydrogens (primary N) is 1. The summed E-state index contributed by atoms with van der Waals surface area (Å²) < 4.78 is 0. The first kappa shape index (κ1) is 9.49. The number of hydrogen-bond acceptors (Lipinski definition) is 3. The molecule has 0 amide bonds. The van der Waals surface area contributed by atoms with Crippen molar-refractivity contribution in [2.24, 2.45) is 5.84 Å². The van der Waals surface area contributed by atoms with E-state index < -0.39 is 0 Å². The number of benzene rings is 1. The zero-order valence-corrected chi connectivity index (χ0v) is 8.56. The topological polar surface area (TPSA) is 32.5 Å². The number of rotatable bonds is 1. The molecule has 3 nitrogen and oxygen atoms in total. The average molecular weight is 191 g/mol. The second-order valence-electron chi connectivity index (χ2n) is 3.87. The summed E-state index contributed by atoms with van der Waals surface area (Å²) in [4.78, 5) is 2.38. The van der Waals surface area contributed by atoms with Crippen LogP contribution in [-0.4, -0.2) is 30.7 Å². The van der Waals surface area contributed by atoms with Crippen LogP contribution in [0.15, 0.2) is 30.3 Å². The molecule has 2 N–H and O–H groups in total. The molecule has 2 rings (SSSR count). The lowest BCUT2D eigenvalue weighted by Crippen LogP contribution is -2.54. The van der Waals surface area contributed by atoms with E-state index in [0.717, 1.165) is 19.6 Å². The lowest BCUT2D eigenvalue weighted by molar-refractivity contribution is 0.194. The molecule has 0 spiro atoms. The first-order chi connectivity index (χ1) is 6.77. The van der Waals surface area contributed by atoms with E-state index in [1.807, 2.05) is 11.1 Å². The van der Waals surface area contributed by atoms with Crippen LogP contribution in [0.3, 0.4) is 0 Å². The van der Waals surface area contributed by atoms with E-state index in [0.29, 0.717) is 6.04 Å². The third kappa shape index (κ3) is 1.89. The molecule has 1 heterocycles. The van der Waals surface area contributed by atoms with Gasteiger partial charge in [0.2, 0.25) is 0 Å². The van der Waals surface area contributed by atoms with Gasteiger partial charge in [-0.15, -0.1) is 0 Å². The van der Waals surface area contributed by atoms with Gasteiger partial charge in [-0.1, -0.05) is 18.2 Å². The minimum Gasteiger partial charge on any atom is -0.369 e. The summed E-state index contributed by atoms with van der Waals surface area (Å²) in [5.41, 5.74) is 1.30. The highest BCUT2D eigenvalue weighted by molar-refractivity contribution is 5.46. The molecule has 3 heteroatoms. The largest absolute Gasteiger partial charge is 0.369 e. The van der Waals surface area contributed by atoms with E-state index in [1.165, 1.54) is 5.69 Å². The predicted octanol–water partition coefficient (Wildman–Crippen LogP) is 1.07. The SMILES string of the molecule is CC1CN(c2ccccc2)CCN1N. The van der Waals surface area contributed by atoms with Crippen LogP contribution in [0.1, 0.15) is 6.92 Å². The number of para-hydroxylation sites is 1. The molecule has 0 aromatic heterocycles. The average Bonchev–Trinajstić information content (AvgIpc) is 2.23. The van der Waals surface area contributed by atoms with Crippen LogP contribution in [0.5, 0.6) is 0 Å². The summed E-state index contributed by atoms with van der Waals surface area (Å²) in [6, 6.07) is 10.9. The Kier molecular flexibility index (Phi) is 2.70. The predicted molar refractivity (Wildman–Crippen MR) is 59.0 cm³/mol. The molecule has 0 aliphatic carbocycles. The highest BCUT2D eigenvalue weighted by atomic mass is 15.5. The summed E-state index contributed by atoms with van der Waals surface area (Å²) in [5.74, 6) is 5.83. The lowest BCUT2D eigenvalue weighted by atomic mass is 10.2. The van der Waals surface area contributed by atoms with Gasteiger partial charge in [0.05, 0.1) is 0 Å². The van der Waals surface area contributed by atoms with Gasteiger partial charge in [-0.3, -0.25) is 5.84 Å². The van der Waals surface area contributed by atoms with Crippen LogP contribution in [-0.2, 0) is 0 Å². The molecule has 1 saturated heterocycles. The summed E-state index contributed by atoms with van der Waals surface area (Å²) in [6.07, 6.45) is 0. The van der Waals surface area contributed by atoms with Gasteiger partial charge in [0.15, 0.2) is 0 Å². The highest BCUT2D eigenvalue weighted by Gasteiger charge is 2.20. The van der Waals surface area contributed by atoms with Crippen molar-refractivity contribution in [3.8, 4) is 0 Å². The number of hydrazine groups is 1. The van der Waals surface area contributed by atoms with Gasteiger partial charge in [0.25, 0.3) is 0 Å². The molecular weight excluding hydrogens is 174 g/mol. The quantitative estimate of drug-likeness (QED) is 0.674. The Balaban J connectivity index is 2.07. The molecule has 1 unspecified atom stereocenters. The van der Waals surface area contributed by atoms with Crippen LogP contribution >= 0.6 is 0 Å². The molecule has 1 aliphatic heterocycles. The fourth-order valence-electron chi connectivity index (χ4n) is 1.84. The van der Waals surface area contributed by atoms with Crippen molar-refractivity contribution in [1.82, 2.24) is 5.01 Å². The number of hydrogen-bond donors (Lipinski definition) is 1. The second kappa shape index (κ2) is 3.98. The molecule has 1 aliphatic rings. The number of piperazine rings is 1. The molecule has 1 fully saturated rings. The van der Waals surface area contributed by atoms with Crippen LogP contribution in [0.2, 0.25) is 0 Å². The van der Waals surface area contributed by atoms with Crippen LogP contribution < -0.4 is 10.7 Å². The Hall–Kier alpha value is -1.06. The van der Waals surface area contributed by atoms with Gasteiger partial charge in [-0.25, -0.2) is 5.01 Å². The Labute approximate surface area is 85.1 Å². The second-order valence-corrected chi connectivity index (χ2v) is 3.87. The molecular formula is C11H17N3. The molecule has 14 heavy (non-hydrogen) atoms. The number of anilines is 1. The van der Waals surface area contributed by atoms with Gasteiger partial charge in [-0.2, -0.15) is 0 Å². The minimum atomic E-state index is 0.434. The third-order valence-corrected chi connectivity index (χ3v) is 2.80. The van der Waals surface area contributed by atoms with E-state index >= 15 is 0 Å². The van der Waals surface area contributed by atoms with E-state index in [9.17, 15) is 0 Å². The Morgan fingerprint density at radius 2 is 1.93 bits per heavy atom. The Morgan fingerprint density at radius 1 is 1.21 bits per heavy atom. The monoisotopic (exact) mass is 191 g/mol. The molecule has 1 atom stereocenters. The first-order valence-electron chi connectivity index (χ1n) is 5.08. The molecule has 1 aromatic rings. The van der Waals surface area contributed by atoms with Crippen molar-refractivity contribution in [3.05, 3.63) is 30.3 Å². The maximum absolute atomic E-state index is 5.83. The maximum Gasteiger partial charge on any atom is 0.0389 e. The van der Waals surface area contributed by atoms with Crippen molar-refractivity contribution in [2.45, 2.75) is 13.0 Å². The van der Waals surface area contributed by atoms with Crippen molar-refractivity contribution in [2.75, 3.05) is 24.5 Å². The van der Waals surface area contributed by atoms with Crippen LogP contribution in [0.4, 0.5) is 5.69 Å². The normalized spacial score (nSPS) is 23.9. The van der Waals surface area contributed by atoms with Gasteiger partial charge in [-0.05, 0) is 19.1 Å². The molecule has 1 aromatic carbocycles. The van der Waals surface area contributed by atoms with E-state index in [-0.39, 0.29) is 0 Å². The number of nitrogens with zero attached hydrogens (tertiary/aromatic N) is 2. The van der Waals surface area contributed by atoms with Crippen molar-refractivity contribution >= 4 is 5.69 Å². The Bertz CT molecular complexity index is 286. The van der Waals surface area contributed by atoms with E-state index in [1.54, 1.807) is 0 Å². The van der Waals surface area contributed by atoms with Gasteiger partial charge in [0, 0.05) is 31.4 Å². The molecule has 0 saturated carbocycles. The maximum atomic E-state index is 5.83. The Morgan fingerprint density at radius 3 is 2.57 bits per heavy atom. The summed E-state index contributed by atoms with van der Waals surface area (Å²) in [7, 11) is 0. The summed E-state index contributed by atoms with van der Waals surface area (Å²) in [5, 5.41) is 1.92. The zero-order chi connectivity index (χ0) is 9.97. The molecule has 0 radical (unpaired) electrons. The summed E-state index contributed by atoms with van der Waals surface area (Å²) in [6.45, 7) is 5.14. The van der Waals surface area contributed by atoms with Crippen LogP contribution in [0.25, 0.3) is 0 Å². The zero-order valence-electron chi connectivity index (χ0n) is 8.56. The van der Waals surface area contributed by atoms with Crippen molar-refractivity contribution in [1.29, 1.82) is 0 Å². The third-order valence-electron chi connectivity index (χ3n) is 2.80. The van der Waals surface area contributed by atoms with Crippen molar-refractivity contribution in [3.63, 3.8) is 0 Å².